The van der Waals surface area contributed by atoms with Gasteiger partial charge in [0, 0.05) is 18.0 Å². The first-order valence-electron chi connectivity index (χ1n) is 12.9. The number of carbonyl (C=O) groups is 2. The molecule has 1 saturated heterocycles. The summed E-state index contributed by atoms with van der Waals surface area (Å²) < 4.78 is 11.0. The van der Waals surface area contributed by atoms with Gasteiger partial charge in [-0.2, -0.15) is 0 Å². The van der Waals surface area contributed by atoms with E-state index in [1.165, 1.54) is 37.7 Å². The summed E-state index contributed by atoms with van der Waals surface area (Å²) in [5.74, 6) is 0.851. The molecule has 5 nitrogen and oxygen atoms in total. The Balaban J connectivity index is 1.58. The van der Waals surface area contributed by atoms with Gasteiger partial charge in [-0.1, -0.05) is 66.7 Å². The topological polar surface area (TPSA) is 64.6 Å². The third kappa shape index (κ3) is 5.68. The van der Waals surface area contributed by atoms with Crippen LogP contribution in [0.4, 0.5) is 0 Å². The van der Waals surface area contributed by atoms with E-state index in [1.54, 1.807) is 26.8 Å². The number of hydrogen-bond donors (Lipinski definition) is 1. The number of carbonyl (C=O) groups excluding carboxylic acids is 2. The molecule has 2 unspecified atom stereocenters. The fourth-order valence-corrected chi connectivity index (χ4v) is 6.09. The Morgan fingerprint density at radius 2 is 1.72 bits per heavy atom. The molecular formula is C29H35Cl2NO4. The summed E-state index contributed by atoms with van der Waals surface area (Å²) >= 11 is 13.2. The van der Waals surface area contributed by atoms with Gasteiger partial charge < -0.3 is 14.8 Å². The molecule has 1 amide bonds. The maximum absolute atomic E-state index is 12.6. The summed E-state index contributed by atoms with van der Waals surface area (Å²) in [7, 11) is 0. The van der Waals surface area contributed by atoms with E-state index in [0.717, 1.165) is 24.1 Å². The van der Waals surface area contributed by atoms with E-state index in [2.05, 4.69) is 29.6 Å². The number of hydrogen-bond acceptors (Lipinski definition) is 4. The summed E-state index contributed by atoms with van der Waals surface area (Å²) in [5, 5.41) is 3.64. The summed E-state index contributed by atoms with van der Waals surface area (Å²) in [6, 6.07) is 12.0. The maximum Gasteiger partial charge on any atom is 0.349 e. The Morgan fingerprint density at radius 3 is 2.33 bits per heavy atom. The van der Waals surface area contributed by atoms with Crippen molar-refractivity contribution >= 4 is 35.1 Å². The van der Waals surface area contributed by atoms with Gasteiger partial charge in [-0.3, -0.25) is 4.79 Å². The zero-order valence-electron chi connectivity index (χ0n) is 21.2. The second-order valence-electron chi connectivity index (χ2n) is 10.3. The molecule has 0 radical (unpaired) electrons. The third-order valence-electron chi connectivity index (χ3n) is 7.47. The number of halogens is 2. The van der Waals surface area contributed by atoms with Gasteiger partial charge in [0.1, 0.15) is 10.8 Å². The molecule has 1 saturated carbocycles. The van der Waals surface area contributed by atoms with Crippen LogP contribution in [0.5, 0.6) is 5.75 Å². The molecule has 2 aliphatic rings. The molecule has 2 aromatic rings. The zero-order chi connectivity index (χ0) is 25.9. The standard InChI is InChI=1S/C29H35Cl2NO4/c1-4-35-28(34)29(2,3)36-23-15-14-21(25(30)26(23)31)18-10-12-20(13-11-18)24(19-8-6-5-7-9-19)22-16-17-32-27(22)33/h10-15,19,22,24H,4-9,16-17H2,1-3H3,(H,32,33). The number of esters is 1. The van der Waals surface area contributed by atoms with Gasteiger partial charge in [-0.15, -0.1) is 0 Å². The van der Waals surface area contributed by atoms with E-state index in [1.807, 2.05) is 6.07 Å². The minimum Gasteiger partial charge on any atom is -0.475 e. The average Bonchev–Trinajstić information content (AvgIpc) is 3.29. The van der Waals surface area contributed by atoms with Crippen molar-refractivity contribution in [3.63, 3.8) is 0 Å². The fraction of sp³-hybridized carbons (Fsp3) is 0.517. The van der Waals surface area contributed by atoms with Crippen molar-refractivity contribution < 1.29 is 19.1 Å². The lowest BCUT2D eigenvalue weighted by Gasteiger charge is -2.33. The Hall–Kier alpha value is -2.24. The van der Waals surface area contributed by atoms with Crippen molar-refractivity contribution in [2.75, 3.05) is 13.2 Å². The van der Waals surface area contributed by atoms with E-state index in [-0.39, 0.29) is 29.4 Å². The monoisotopic (exact) mass is 531 g/mol. The molecule has 0 spiro atoms. The van der Waals surface area contributed by atoms with E-state index < -0.39 is 11.6 Å². The predicted molar refractivity (Wildman–Crippen MR) is 144 cm³/mol. The summed E-state index contributed by atoms with van der Waals surface area (Å²) in [6.07, 6.45) is 7.02. The van der Waals surface area contributed by atoms with Crippen LogP contribution < -0.4 is 10.1 Å². The van der Waals surface area contributed by atoms with Crippen LogP contribution in [-0.2, 0) is 14.3 Å². The number of nitrogens with one attached hydrogen (secondary N) is 1. The zero-order valence-corrected chi connectivity index (χ0v) is 22.8. The van der Waals surface area contributed by atoms with Crippen LogP contribution in [0.1, 0.15) is 70.8 Å². The van der Waals surface area contributed by atoms with Gasteiger partial charge in [0.15, 0.2) is 5.60 Å². The lowest BCUT2D eigenvalue weighted by atomic mass is 9.70. The van der Waals surface area contributed by atoms with Gasteiger partial charge >= 0.3 is 5.97 Å². The van der Waals surface area contributed by atoms with Crippen LogP contribution in [0.3, 0.4) is 0 Å². The van der Waals surface area contributed by atoms with Crippen molar-refractivity contribution in [3.8, 4) is 16.9 Å². The molecule has 2 fully saturated rings. The molecule has 0 aromatic heterocycles. The smallest absolute Gasteiger partial charge is 0.349 e. The van der Waals surface area contributed by atoms with Gasteiger partial charge in [0.2, 0.25) is 5.91 Å². The molecule has 7 heteroatoms. The van der Waals surface area contributed by atoms with Crippen molar-refractivity contribution in [2.45, 2.75) is 70.8 Å². The van der Waals surface area contributed by atoms with Crippen LogP contribution in [0.25, 0.3) is 11.1 Å². The molecule has 36 heavy (non-hydrogen) atoms. The van der Waals surface area contributed by atoms with Crippen molar-refractivity contribution in [1.29, 1.82) is 0 Å². The molecule has 194 valence electrons. The molecule has 0 bridgehead atoms. The number of rotatable bonds is 8. The van der Waals surface area contributed by atoms with Gasteiger partial charge in [-0.05, 0) is 75.1 Å². The second kappa shape index (κ2) is 11.4. The molecule has 1 aliphatic heterocycles. The van der Waals surface area contributed by atoms with Gasteiger partial charge in [-0.25, -0.2) is 4.79 Å². The SMILES string of the molecule is CCOC(=O)C(C)(C)Oc1ccc(-c2ccc(C(C3CCCCC3)C3CCNC3=O)cc2)c(Cl)c1Cl. The average molecular weight is 533 g/mol. The van der Waals surface area contributed by atoms with Gasteiger partial charge in [0.25, 0.3) is 0 Å². The fourth-order valence-electron chi connectivity index (χ4n) is 5.62. The normalized spacial score (nSPS) is 19.6. The van der Waals surface area contributed by atoms with Gasteiger partial charge in [0.05, 0.1) is 11.6 Å². The van der Waals surface area contributed by atoms with Crippen LogP contribution >= 0.6 is 23.2 Å². The molecule has 2 aromatic carbocycles. The highest BCUT2D eigenvalue weighted by molar-refractivity contribution is 6.44. The molecule has 1 heterocycles. The molecule has 1 N–H and O–H groups in total. The van der Waals surface area contributed by atoms with Crippen LogP contribution in [-0.4, -0.2) is 30.6 Å². The Labute approximate surface area is 223 Å². The highest BCUT2D eigenvalue weighted by Crippen LogP contribution is 2.45. The number of amides is 1. The Bertz CT molecular complexity index is 1090. The van der Waals surface area contributed by atoms with E-state index in [0.29, 0.717) is 16.7 Å². The minimum atomic E-state index is -1.20. The van der Waals surface area contributed by atoms with Crippen LogP contribution in [0.2, 0.25) is 10.0 Å². The first-order valence-corrected chi connectivity index (χ1v) is 13.7. The molecule has 1 aliphatic carbocycles. The third-order valence-corrected chi connectivity index (χ3v) is 8.33. The van der Waals surface area contributed by atoms with Crippen molar-refractivity contribution in [2.24, 2.45) is 11.8 Å². The highest BCUT2D eigenvalue weighted by atomic mass is 35.5. The van der Waals surface area contributed by atoms with Crippen molar-refractivity contribution in [3.05, 3.63) is 52.0 Å². The summed E-state index contributed by atoms with van der Waals surface area (Å²) in [5.41, 5.74) is 1.72. The summed E-state index contributed by atoms with van der Waals surface area (Å²) in [4.78, 5) is 24.8. The molecule has 4 rings (SSSR count). The Kier molecular flexibility index (Phi) is 8.52. The number of benzene rings is 2. The lowest BCUT2D eigenvalue weighted by Crippen LogP contribution is -2.39. The number of ether oxygens (including phenoxy) is 2. The van der Waals surface area contributed by atoms with Crippen molar-refractivity contribution in [1.82, 2.24) is 5.32 Å². The highest BCUT2D eigenvalue weighted by Gasteiger charge is 2.38. The predicted octanol–water partition coefficient (Wildman–Crippen LogP) is 7.18. The molecule has 2 atom stereocenters. The van der Waals surface area contributed by atoms with Crippen LogP contribution in [0, 0.1) is 11.8 Å². The first kappa shape index (κ1) is 26.8. The summed E-state index contributed by atoms with van der Waals surface area (Å²) in [6.45, 7) is 6.05. The van der Waals surface area contributed by atoms with E-state index in [9.17, 15) is 9.59 Å². The maximum atomic E-state index is 12.6. The lowest BCUT2D eigenvalue weighted by molar-refractivity contribution is -0.158. The Morgan fingerprint density at radius 1 is 1.03 bits per heavy atom. The second-order valence-corrected chi connectivity index (χ2v) is 11.1. The van der Waals surface area contributed by atoms with Crippen LogP contribution in [0.15, 0.2) is 36.4 Å². The largest absolute Gasteiger partial charge is 0.475 e. The van der Waals surface area contributed by atoms with E-state index >= 15 is 0 Å². The first-order chi connectivity index (χ1) is 17.2. The molecular weight excluding hydrogens is 497 g/mol. The minimum absolute atomic E-state index is 0.0381. The van der Waals surface area contributed by atoms with E-state index in [4.69, 9.17) is 32.7 Å². The quantitative estimate of drug-likeness (QED) is 0.366.